The number of carbonyl (C=O) groups is 1. The highest BCUT2D eigenvalue weighted by Crippen LogP contribution is 2.25. The molecule has 1 N–H and O–H groups in total. The van der Waals surface area contributed by atoms with Crippen molar-refractivity contribution in [2.75, 3.05) is 0 Å². The first-order valence-electron chi connectivity index (χ1n) is 5.69. The third kappa shape index (κ3) is 1.64. The Labute approximate surface area is 105 Å². The molecule has 1 amide bonds. The van der Waals surface area contributed by atoms with Crippen LogP contribution in [-0.2, 0) is 6.54 Å². The predicted octanol–water partition coefficient (Wildman–Crippen LogP) is 2.47. The minimum absolute atomic E-state index is 0.0247. The van der Waals surface area contributed by atoms with E-state index < -0.39 is 0 Å². The van der Waals surface area contributed by atoms with Gasteiger partial charge in [0.1, 0.15) is 0 Å². The summed E-state index contributed by atoms with van der Waals surface area (Å²) in [5.41, 5.74) is 4.30. The number of hydrogen-bond acceptors (Lipinski definition) is 2. The molecule has 86 valence electrons. The van der Waals surface area contributed by atoms with Crippen LogP contribution in [0.5, 0.6) is 0 Å². The minimum Gasteiger partial charge on any atom is -0.348 e. The second-order valence-corrected chi connectivity index (χ2v) is 4.25. The van der Waals surface area contributed by atoms with Crippen LogP contribution in [0.2, 0.25) is 0 Å². The summed E-state index contributed by atoms with van der Waals surface area (Å²) in [7, 11) is 0. The number of hydrogen-bond donors (Lipinski definition) is 1. The maximum absolute atomic E-state index is 11.6. The van der Waals surface area contributed by atoms with Gasteiger partial charge in [-0.2, -0.15) is 5.26 Å². The molecule has 0 bridgehead atoms. The van der Waals surface area contributed by atoms with E-state index in [-0.39, 0.29) is 5.91 Å². The first-order chi connectivity index (χ1) is 8.78. The Morgan fingerprint density at radius 1 is 1.11 bits per heavy atom. The lowest BCUT2D eigenvalue weighted by Crippen LogP contribution is -2.12. The van der Waals surface area contributed by atoms with Crippen molar-refractivity contribution < 1.29 is 4.79 Å². The molecular formula is C15H10N2O. The maximum Gasteiger partial charge on any atom is 0.251 e. The quantitative estimate of drug-likeness (QED) is 0.824. The van der Waals surface area contributed by atoms with Crippen molar-refractivity contribution in [2.24, 2.45) is 0 Å². The predicted molar refractivity (Wildman–Crippen MR) is 67.8 cm³/mol. The van der Waals surface area contributed by atoms with Gasteiger partial charge in [-0.1, -0.05) is 24.3 Å². The van der Waals surface area contributed by atoms with Crippen LogP contribution in [0.15, 0.2) is 42.5 Å². The molecule has 18 heavy (non-hydrogen) atoms. The van der Waals surface area contributed by atoms with Crippen molar-refractivity contribution >= 4 is 5.91 Å². The van der Waals surface area contributed by atoms with E-state index in [1.54, 1.807) is 6.07 Å². The number of fused-ring (bicyclic) bond motifs is 1. The van der Waals surface area contributed by atoms with Gasteiger partial charge in [-0.25, -0.2) is 0 Å². The fourth-order valence-corrected chi connectivity index (χ4v) is 2.16. The highest BCUT2D eigenvalue weighted by atomic mass is 16.1. The molecule has 0 fully saturated rings. The zero-order chi connectivity index (χ0) is 12.5. The molecule has 1 aliphatic heterocycles. The maximum atomic E-state index is 11.6. The first kappa shape index (κ1) is 10.5. The van der Waals surface area contributed by atoms with Crippen LogP contribution in [0.4, 0.5) is 0 Å². The van der Waals surface area contributed by atoms with Gasteiger partial charge in [0.2, 0.25) is 0 Å². The molecule has 0 saturated heterocycles. The van der Waals surface area contributed by atoms with E-state index in [0.717, 1.165) is 22.3 Å². The van der Waals surface area contributed by atoms with E-state index in [2.05, 4.69) is 11.4 Å². The fourth-order valence-electron chi connectivity index (χ4n) is 2.16. The van der Waals surface area contributed by atoms with E-state index >= 15 is 0 Å². The second kappa shape index (κ2) is 4.01. The van der Waals surface area contributed by atoms with Gasteiger partial charge in [0.15, 0.2) is 0 Å². The number of nitrogens with one attached hydrogen (secondary N) is 1. The molecule has 1 heterocycles. The number of amides is 1. The number of nitrogens with zero attached hydrogens (tertiary/aromatic N) is 1. The Balaban J connectivity index is 2.10. The van der Waals surface area contributed by atoms with Gasteiger partial charge in [0.25, 0.3) is 5.91 Å². The van der Waals surface area contributed by atoms with Crippen molar-refractivity contribution in [1.82, 2.24) is 5.32 Å². The van der Waals surface area contributed by atoms with Crippen LogP contribution in [0.1, 0.15) is 21.5 Å². The Morgan fingerprint density at radius 3 is 2.78 bits per heavy atom. The van der Waals surface area contributed by atoms with Crippen LogP contribution in [0.3, 0.4) is 0 Å². The molecule has 3 nitrogen and oxygen atoms in total. The number of rotatable bonds is 1. The SMILES string of the molecule is N#Cc1cccc(-c2ccc3c(c2)C(=O)NC3)c1. The van der Waals surface area contributed by atoms with Gasteiger partial charge in [-0.3, -0.25) is 4.79 Å². The summed E-state index contributed by atoms with van der Waals surface area (Å²) in [6.07, 6.45) is 0. The molecule has 1 aliphatic rings. The zero-order valence-corrected chi connectivity index (χ0v) is 9.60. The van der Waals surface area contributed by atoms with E-state index in [9.17, 15) is 4.79 Å². The molecular weight excluding hydrogens is 224 g/mol. The topological polar surface area (TPSA) is 52.9 Å². The van der Waals surface area contributed by atoms with Crippen molar-refractivity contribution in [3.05, 3.63) is 59.2 Å². The van der Waals surface area contributed by atoms with E-state index in [1.165, 1.54) is 0 Å². The molecule has 0 spiro atoms. The summed E-state index contributed by atoms with van der Waals surface area (Å²) in [5, 5.41) is 11.7. The first-order valence-corrected chi connectivity index (χ1v) is 5.69. The molecule has 0 saturated carbocycles. The van der Waals surface area contributed by atoms with Crippen molar-refractivity contribution in [3.8, 4) is 17.2 Å². The van der Waals surface area contributed by atoms with Crippen LogP contribution in [0.25, 0.3) is 11.1 Å². The molecule has 0 radical (unpaired) electrons. The van der Waals surface area contributed by atoms with Gasteiger partial charge < -0.3 is 5.32 Å². The molecule has 0 atom stereocenters. The summed E-state index contributed by atoms with van der Waals surface area (Å²) in [4.78, 5) is 11.6. The number of benzene rings is 2. The minimum atomic E-state index is -0.0247. The lowest BCUT2D eigenvalue weighted by Gasteiger charge is -2.04. The Hall–Kier alpha value is -2.60. The summed E-state index contributed by atoms with van der Waals surface area (Å²) in [6.45, 7) is 0.604. The normalized spacial score (nSPS) is 12.7. The summed E-state index contributed by atoms with van der Waals surface area (Å²) in [5.74, 6) is -0.0247. The van der Waals surface area contributed by atoms with Crippen molar-refractivity contribution in [1.29, 1.82) is 5.26 Å². The molecule has 0 unspecified atom stereocenters. The van der Waals surface area contributed by atoms with Gasteiger partial charge in [0.05, 0.1) is 11.6 Å². The second-order valence-electron chi connectivity index (χ2n) is 4.25. The highest BCUT2D eigenvalue weighted by molar-refractivity contribution is 5.99. The number of carbonyl (C=O) groups excluding carboxylic acids is 1. The Bertz CT molecular complexity index is 683. The Kier molecular flexibility index (Phi) is 2.35. The molecule has 2 aromatic carbocycles. The summed E-state index contributed by atoms with van der Waals surface area (Å²) >= 11 is 0. The lowest BCUT2D eigenvalue weighted by atomic mass is 9.99. The van der Waals surface area contributed by atoms with Gasteiger partial charge in [0, 0.05) is 12.1 Å². The van der Waals surface area contributed by atoms with Gasteiger partial charge in [-0.15, -0.1) is 0 Å². The van der Waals surface area contributed by atoms with E-state index in [4.69, 9.17) is 5.26 Å². The molecule has 2 aromatic rings. The van der Waals surface area contributed by atoms with Crippen molar-refractivity contribution in [2.45, 2.75) is 6.54 Å². The number of nitriles is 1. The van der Waals surface area contributed by atoms with E-state index in [1.807, 2.05) is 36.4 Å². The largest absolute Gasteiger partial charge is 0.348 e. The Morgan fingerprint density at radius 2 is 1.94 bits per heavy atom. The highest BCUT2D eigenvalue weighted by Gasteiger charge is 2.18. The average molecular weight is 234 g/mol. The van der Waals surface area contributed by atoms with Crippen LogP contribution < -0.4 is 5.32 Å². The average Bonchev–Trinajstić information content (AvgIpc) is 2.80. The lowest BCUT2D eigenvalue weighted by molar-refractivity contribution is 0.0966. The summed E-state index contributed by atoms with van der Waals surface area (Å²) in [6, 6.07) is 15.3. The van der Waals surface area contributed by atoms with Gasteiger partial charge >= 0.3 is 0 Å². The molecule has 3 rings (SSSR count). The van der Waals surface area contributed by atoms with Crippen molar-refractivity contribution in [3.63, 3.8) is 0 Å². The van der Waals surface area contributed by atoms with Gasteiger partial charge in [-0.05, 0) is 34.9 Å². The molecule has 0 aliphatic carbocycles. The molecule has 0 aromatic heterocycles. The molecule has 3 heteroatoms. The standard InChI is InChI=1S/C15H10N2O/c16-8-10-2-1-3-11(6-10)12-4-5-13-9-17-15(18)14(13)7-12/h1-7H,9H2,(H,17,18). The van der Waals surface area contributed by atoms with Crippen LogP contribution in [0, 0.1) is 11.3 Å². The summed E-state index contributed by atoms with van der Waals surface area (Å²) < 4.78 is 0. The smallest absolute Gasteiger partial charge is 0.251 e. The van der Waals surface area contributed by atoms with Crippen LogP contribution in [-0.4, -0.2) is 5.91 Å². The van der Waals surface area contributed by atoms with E-state index in [0.29, 0.717) is 12.1 Å². The zero-order valence-electron chi connectivity index (χ0n) is 9.60. The monoisotopic (exact) mass is 234 g/mol. The fraction of sp³-hybridized carbons (Fsp3) is 0.0667. The third-order valence-corrected chi connectivity index (χ3v) is 3.12. The van der Waals surface area contributed by atoms with Crippen LogP contribution >= 0.6 is 0 Å². The third-order valence-electron chi connectivity index (χ3n) is 3.12.